The molecule has 0 heterocycles. The normalized spacial score (nSPS) is 24.3. The Morgan fingerprint density at radius 1 is 1.06 bits per heavy atom. The van der Waals surface area contributed by atoms with Crippen LogP contribution in [0.4, 0.5) is 0 Å². The van der Waals surface area contributed by atoms with Gasteiger partial charge in [-0.15, -0.1) is 0 Å². The van der Waals surface area contributed by atoms with Gasteiger partial charge < -0.3 is 5.73 Å². The second-order valence-electron chi connectivity index (χ2n) is 5.62. The van der Waals surface area contributed by atoms with E-state index >= 15 is 0 Å². The number of hydrogen-bond acceptors (Lipinski definition) is 1. The fourth-order valence-electron chi connectivity index (χ4n) is 3.14. The summed E-state index contributed by atoms with van der Waals surface area (Å²) in [5, 5.41) is 0. The maximum atomic E-state index is 6.51. The predicted molar refractivity (Wildman–Crippen MR) is 67.4 cm³/mol. The fraction of sp³-hybridized carbons (Fsp3) is 0.600. The van der Waals surface area contributed by atoms with Crippen molar-refractivity contribution in [2.75, 3.05) is 0 Å². The molecule has 0 amide bonds. The van der Waals surface area contributed by atoms with Crippen LogP contribution in [0.5, 0.6) is 0 Å². The average Bonchev–Trinajstić information content (AvgIpc) is 2.65. The molecule has 1 nitrogen and oxygen atoms in total. The zero-order valence-corrected chi connectivity index (χ0v) is 9.91. The Hall–Kier alpha value is -0.820. The highest BCUT2D eigenvalue weighted by Gasteiger charge is 2.31. The summed E-state index contributed by atoms with van der Waals surface area (Å²) in [7, 11) is 0. The van der Waals surface area contributed by atoms with Crippen molar-refractivity contribution in [3.8, 4) is 0 Å². The van der Waals surface area contributed by atoms with E-state index in [4.69, 9.17) is 5.73 Å². The lowest BCUT2D eigenvalue weighted by atomic mass is 9.78. The second-order valence-corrected chi connectivity index (χ2v) is 5.62. The van der Waals surface area contributed by atoms with Crippen molar-refractivity contribution in [1.29, 1.82) is 0 Å². The lowest BCUT2D eigenvalue weighted by molar-refractivity contribution is 0.416. The zero-order valence-electron chi connectivity index (χ0n) is 9.91. The maximum absolute atomic E-state index is 6.51. The minimum atomic E-state index is -0.0141. The molecule has 0 bridgehead atoms. The molecule has 16 heavy (non-hydrogen) atoms. The number of nitrogens with two attached hydrogens (primary N) is 1. The summed E-state index contributed by atoms with van der Waals surface area (Å²) in [6.07, 6.45) is 9.08. The van der Waals surface area contributed by atoms with Crippen molar-refractivity contribution in [2.45, 2.75) is 56.4 Å². The Labute approximate surface area is 98.0 Å². The minimum Gasteiger partial charge on any atom is -0.321 e. The van der Waals surface area contributed by atoms with Crippen LogP contribution in [-0.2, 0) is 5.54 Å². The van der Waals surface area contributed by atoms with Crippen LogP contribution >= 0.6 is 0 Å². The molecule has 1 aromatic carbocycles. The van der Waals surface area contributed by atoms with Crippen molar-refractivity contribution in [1.82, 2.24) is 0 Å². The van der Waals surface area contributed by atoms with Gasteiger partial charge in [0.05, 0.1) is 0 Å². The predicted octanol–water partition coefficient (Wildman–Crippen LogP) is 3.68. The van der Waals surface area contributed by atoms with E-state index in [0.717, 1.165) is 5.92 Å². The van der Waals surface area contributed by atoms with Crippen LogP contribution in [0, 0.1) is 0 Å². The van der Waals surface area contributed by atoms with Crippen LogP contribution in [0.25, 0.3) is 0 Å². The highest BCUT2D eigenvalue weighted by atomic mass is 14.8. The van der Waals surface area contributed by atoms with Gasteiger partial charge >= 0.3 is 0 Å². The van der Waals surface area contributed by atoms with E-state index < -0.39 is 0 Å². The second kappa shape index (κ2) is 3.89. The molecule has 0 unspecified atom stereocenters. The zero-order chi connectivity index (χ0) is 11.0. The van der Waals surface area contributed by atoms with Gasteiger partial charge in [-0.3, -0.25) is 0 Å². The highest BCUT2D eigenvalue weighted by molar-refractivity contribution is 5.32. The molecule has 2 aliphatic rings. The first-order chi connectivity index (χ1) is 7.78. The third-order valence-corrected chi connectivity index (χ3v) is 4.53. The SMILES string of the molecule is NC1(c2cccc(C3CCC3)c2)CCCC1. The van der Waals surface area contributed by atoms with Crippen molar-refractivity contribution >= 4 is 0 Å². The first kappa shape index (κ1) is 10.3. The Kier molecular flexibility index (Phi) is 2.51. The van der Waals surface area contributed by atoms with Gasteiger partial charge in [-0.25, -0.2) is 0 Å². The van der Waals surface area contributed by atoms with Gasteiger partial charge in [0.2, 0.25) is 0 Å². The molecule has 2 fully saturated rings. The molecule has 0 aliphatic heterocycles. The highest BCUT2D eigenvalue weighted by Crippen LogP contribution is 2.40. The van der Waals surface area contributed by atoms with Gasteiger partial charge in [0.25, 0.3) is 0 Å². The topological polar surface area (TPSA) is 26.0 Å². The number of hydrogen-bond donors (Lipinski definition) is 1. The molecule has 3 rings (SSSR count). The molecule has 0 radical (unpaired) electrons. The first-order valence-electron chi connectivity index (χ1n) is 6.67. The number of benzene rings is 1. The van der Waals surface area contributed by atoms with Gasteiger partial charge in [0.15, 0.2) is 0 Å². The summed E-state index contributed by atoms with van der Waals surface area (Å²) in [6.45, 7) is 0. The van der Waals surface area contributed by atoms with E-state index in [-0.39, 0.29) is 5.54 Å². The largest absolute Gasteiger partial charge is 0.321 e. The fourth-order valence-corrected chi connectivity index (χ4v) is 3.14. The van der Waals surface area contributed by atoms with Crippen LogP contribution in [-0.4, -0.2) is 0 Å². The Bertz CT molecular complexity index is 373. The van der Waals surface area contributed by atoms with Gasteiger partial charge in [-0.2, -0.15) is 0 Å². The third kappa shape index (κ3) is 1.67. The van der Waals surface area contributed by atoms with Gasteiger partial charge in [0, 0.05) is 5.54 Å². The summed E-state index contributed by atoms with van der Waals surface area (Å²) in [5.41, 5.74) is 9.41. The molecule has 2 aliphatic carbocycles. The van der Waals surface area contributed by atoms with E-state index in [9.17, 15) is 0 Å². The smallest absolute Gasteiger partial charge is 0.0409 e. The minimum absolute atomic E-state index is 0.0141. The maximum Gasteiger partial charge on any atom is 0.0409 e. The standard InChI is InChI=1S/C15H21N/c16-15(9-1-2-10-15)14-8-4-7-13(11-14)12-5-3-6-12/h4,7-8,11-12H,1-3,5-6,9-10,16H2. The molecular weight excluding hydrogens is 194 g/mol. The Balaban J connectivity index is 1.89. The van der Waals surface area contributed by atoms with Crippen molar-refractivity contribution < 1.29 is 0 Å². The van der Waals surface area contributed by atoms with Crippen LogP contribution in [0.1, 0.15) is 62.0 Å². The molecule has 86 valence electrons. The summed E-state index contributed by atoms with van der Waals surface area (Å²) in [5.74, 6) is 0.824. The molecular formula is C15H21N. The van der Waals surface area contributed by atoms with Gasteiger partial charge in [-0.05, 0) is 42.7 Å². The van der Waals surface area contributed by atoms with Crippen LogP contribution < -0.4 is 5.73 Å². The van der Waals surface area contributed by atoms with Crippen molar-refractivity contribution in [2.24, 2.45) is 5.73 Å². The molecule has 1 aromatic rings. The molecule has 2 N–H and O–H groups in total. The van der Waals surface area contributed by atoms with E-state index in [0.29, 0.717) is 0 Å². The summed E-state index contributed by atoms with van der Waals surface area (Å²) in [6, 6.07) is 9.10. The number of rotatable bonds is 2. The van der Waals surface area contributed by atoms with E-state index in [1.54, 1.807) is 0 Å². The molecule has 2 saturated carbocycles. The molecule has 0 atom stereocenters. The first-order valence-corrected chi connectivity index (χ1v) is 6.67. The van der Waals surface area contributed by atoms with E-state index in [1.165, 1.54) is 56.1 Å². The summed E-state index contributed by atoms with van der Waals surface area (Å²) in [4.78, 5) is 0. The lowest BCUT2D eigenvalue weighted by Crippen LogP contribution is -2.33. The molecule has 0 saturated heterocycles. The van der Waals surface area contributed by atoms with E-state index in [1.807, 2.05) is 0 Å². The Morgan fingerprint density at radius 3 is 2.44 bits per heavy atom. The average molecular weight is 215 g/mol. The van der Waals surface area contributed by atoms with Crippen LogP contribution in [0.2, 0.25) is 0 Å². The molecule has 1 heteroatoms. The third-order valence-electron chi connectivity index (χ3n) is 4.53. The van der Waals surface area contributed by atoms with Crippen LogP contribution in [0.15, 0.2) is 24.3 Å². The van der Waals surface area contributed by atoms with Crippen molar-refractivity contribution in [3.05, 3.63) is 35.4 Å². The van der Waals surface area contributed by atoms with Crippen LogP contribution in [0.3, 0.4) is 0 Å². The quantitative estimate of drug-likeness (QED) is 0.800. The monoisotopic (exact) mass is 215 g/mol. The summed E-state index contributed by atoms with van der Waals surface area (Å²) < 4.78 is 0. The molecule has 0 aromatic heterocycles. The lowest BCUT2D eigenvalue weighted by Gasteiger charge is -2.29. The summed E-state index contributed by atoms with van der Waals surface area (Å²) >= 11 is 0. The van der Waals surface area contributed by atoms with Gasteiger partial charge in [-0.1, -0.05) is 43.5 Å². The molecule has 0 spiro atoms. The van der Waals surface area contributed by atoms with E-state index in [2.05, 4.69) is 24.3 Å². The van der Waals surface area contributed by atoms with Gasteiger partial charge in [0.1, 0.15) is 0 Å². The Morgan fingerprint density at radius 2 is 1.81 bits per heavy atom. The van der Waals surface area contributed by atoms with Crippen molar-refractivity contribution in [3.63, 3.8) is 0 Å².